The van der Waals surface area contributed by atoms with Crippen LogP contribution in [0.3, 0.4) is 0 Å². The Bertz CT molecular complexity index is 268. The summed E-state index contributed by atoms with van der Waals surface area (Å²) in [5.41, 5.74) is 1.03. The molecule has 2 rings (SSSR count). The van der Waals surface area contributed by atoms with Crippen LogP contribution in [0, 0.1) is 0 Å². The third kappa shape index (κ3) is 1.53. The maximum Gasteiger partial charge on any atom is 0.103 e. The fourth-order valence-electron chi connectivity index (χ4n) is 1.30. The Morgan fingerprint density at radius 3 is 3.00 bits per heavy atom. The number of nitrogens with zero attached hydrogens (tertiary/aromatic N) is 1. The first-order valence-electron chi connectivity index (χ1n) is 4.14. The van der Waals surface area contributed by atoms with Crippen molar-refractivity contribution < 1.29 is 4.74 Å². The molecular formula is C10H11NO. The molecule has 0 bridgehead atoms. The van der Waals surface area contributed by atoms with E-state index in [0.717, 1.165) is 12.1 Å². The second kappa shape index (κ2) is 3.50. The summed E-state index contributed by atoms with van der Waals surface area (Å²) in [6.45, 7) is 0.710. The van der Waals surface area contributed by atoms with Gasteiger partial charge in [0.15, 0.2) is 0 Å². The summed E-state index contributed by atoms with van der Waals surface area (Å²) in [4.78, 5) is 4.24. The molecule has 2 nitrogen and oxygen atoms in total. The van der Waals surface area contributed by atoms with Gasteiger partial charge in [0.05, 0.1) is 12.3 Å². The summed E-state index contributed by atoms with van der Waals surface area (Å²) in [6, 6.07) is 5.91. The number of pyridine rings is 1. The topological polar surface area (TPSA) is 22.1 Å². The first-order valence-corrected chi connectivity index (χ1v) is 4.14. The lowest BCUT2D eigenvalue weighted by molar-refractivity contribution is 0.0646. The van der Waals surface area contributed by atoms with Gasteiger partial charge >= 0.3 is 0 Å². The van der Waals surface area contributed by atoms with E-state index in [1.54, 1.807) is 6.20 Å². The van der Waals surface area contributed by atoms with Crippen molar-refractivity contribution in [1.29, 1.82) is 0 Å². The van der Waals surface area contributed by atoms with Crippen molar-refractivity contribution in [3.05, 3.63) is 42.2 Å². The third-order valence-corrected chi connectivity index (χ3v) is 1.93. The van der Waals surface area contributed by atoms with Crippen molar-refractivity contribution in [2.24, 2.45) is 0 Å². The molecule has 0 radical (unpaired) electrons. The second-order valence-corrected chi connectivity index (χ2v) is 2.78. The van der Waals surface area contributed by atoms with Crippen LogP contribution in [0.5, 0.6) is 0 Å². The normalized spacial score (nSPS) is 22.5. The van der Waals surface area contributed by atoms with Crippen LogP contribution >= 0.6 is 0 Å². The Hall–Kier alpha value is -1.15. The molecule has 0 saturated carbocycles. The highest BCUT2D eigenvalue weighted by Crippen LogP contribution is 2.21. The molecule has 0 aliphatic carbocycles. The zero-order valence-corrected chi connectivity index (χ0v) is 6.81. The van der Waals surface area contributed by atoms with Crippen molar-refractivity contribution in [3.63, 3.8) is 0 Å². The van der Waals surface area contributed by atoms with Crippen LogP contribution in [-0.2, 0) is 4.74 Å². The van der Waals surface area contributed by atoms with E-state index in [1.807, 2.05) is 24.3 Å². The van der Waals surface area contributed by atoms with E-state index in [1.165, 1.54) is 0 Å². The average molecular weight is 161 g/mol. The monoisotopic (exact) mass is 161 g/mol. The van der Waals surface area contributed by atoms with Crippen molar-refractivity contribution in [1.82, 2.24) is 4.98 Å². The van der Waals surface area contributed by atoms with Gasteiger partial charge in [-0.25, -0.2) is 0 Å². The minimum absolute atomic E-state index is 0.163. The highest BCUT2D eigenvalue weighted by molar-refractivity contribution is 5.09. The minimum Gasteiger partial charge on any atom is -0.368 e. The summed E-state index contributed by atoms with van der Waals surface area (Å²) in [6.07, 6.45) is 7.09. The zero-order valence-electron chi connectivity index (χ0n) is 6.81. The van der Waals surface area contributed by atoms with E-state index in [4.69, 9.17) is 4.74 Å². The lowest BCUT2D eigenvalue weighted by Crippen LogP contribution is -2.08. The number of hydrogen-bond acceptors (Lipinski definition) is 2. The minimum atomic E-state index is 0.163. The van der Waals surface area contributed by atoms with E-state index >= 15 is 0 Å². The predicted molar refractivity (Wildman–Crippen MR) is 46.7 cm³/mol. The highest BCUT2D eigenvalue weighted by atomic mass is 16.5. The van der Waals surface area contributed by atoms with Crippen molar-refractivity contribution in [2.45, 2.75) is 12.5 Å². The van der Waals surface area contributed by atoms with Gasteiger partial charge in [0.25, 0.3) is 0 Å². The Labute approximate surface area is 71.9 Å². The van der Waals surface area contributed by atoms with Crippen LogP contribution in [0.4, 0.5) is 0 Å². The molecule has 1 aromatic rings. The summed E-state index contributed by atoms with van der Waals surface area (Å²) in [5.74, 6) is 0. The quantitative estimate of drug-likeness (QED) is 0.588. The van der Waals surface area contributed by atoms with Gasteiger partial charge in [-0.05, 0) is 18.6 Å². The Morgan fingerprint density at radius 2 is 2.33 bits per heavy atom. The lowest BCUT2D eigenvalue weighted by Gasteiger charge is -2.17. The van der Waals surface area contributed by atoms with Gasteiger partial charge < -0.3 is 4.74 Å². The maximum atomic E-state index is 5.51. The summed E-state index contributed by atoms with van der Waals surface area (Å²) >= 11 is 0. The van der Waals surface area contributed by atoms with E-state index < -0.39 is 0 Å². The summed E-state index contributed by atoms with van der Waals surface area (Å²) < 4.78 is 5.51. The van der Waals surface area contributed by atoms with Gasteiger partial charge in [0.2, 0.25) is 0 Å². The number of aromatic nitrogens is 1. The van der Waals surface area contributed by atoms with Crippen molar-refractivity contribution in [3.8, 4) is 0 Å². The van der Waals surface area contributed by atoms with Gasteiger partial charge in [0, 0.05) is 6.20 Å². The molecule has 0 N–H and O–H groups in total. The Kier molecular flexibility index (Phi) is 2.19. The van der Waals surface area contributed by atoms with Gasteiger partial charge in [-0.2, -0.15) is 0 Å². The van der Waals surface area contributed by atoms with Gasteiger partial charge in [-0.3, -0.25) is 4.98 Å². The van der Waals surface area contributed by atoms with E-state index in [2.05, 4.69) is 11.1 Å². The van der Waals surface area contributed by atoms with Crippen LogP contribution in [0.1, 0.15) is 18.2 Å². The highest BCUT2D eigenvalue weighted by Gasteiger charge is 2.12. The number of hydrogen-bond donors (Lipinski definition) is 0. The fourth-order valence-corrected chi connectivity index (χ4v) is 1.30. The van der Waals surface area contributed by atoms with Crippen LogP contribution in [-0.4, -0.2) is 11.6 Å². The first kappa shape index (κ1) is 7.50. The van der Waals surface area contributed by atoms with Crippen LogP contribution in [0.25, 0.3) is 0 Å². The van der Waals surface area contributed by atoms with Crippen LogP contribution < -0.4 is 0 Å². The Balaban J connectivity index is 2.15. The molecule has 62 valence electrons. The molecule has 0 spiro atoms. The molecule has 12 heavy (non-hydrogen) atoms. The van der Waals surface area contributed by atoms with E-state index in [9.17, 15) is 0 Å². The molecule has 0 amide bonds. The smallest absolute Gasteiger partial charge is 0.103 e. The summed E-state index contributed by atoms with van der Waals surface area (Å²) in [5, 5.41) is 0. The van der Waals surface area contributed by atoms with Crippen LogP contribution in [0.2, 0.25) is 0 Å². The molecule has 0 fully saturated rings. The first-order chi connectivity index (χ1) is 5.97. The van der Waals surface area contributed by atoms with Gasteiger partial charge in [-0.1, -0.05) is 18.2 Å². The standard InChI is InChI=1S/C10H11NO/c1-3-7-11-9(5-1)10-6-2-4-8-12-10/h1-5,7,10H,6,8H2/t10-/m0/s1. The third-order valence-electron chi connectivity index (χ3n) is 1.93. The lowest BCUT2D eigenvalue weighted by atomic mass is 10.1. The van der Waals surface area contributed by atoms with Gasteiger partial charge in [0.1, 0.15) is 6.10 Å². The van der Waals surface area contributed by atoms with E-state index in [-0.39, 0.29) is 6.10 Å². The largest absolute Gasteiger partial charge is 0.368 e. The zero-order chi connectivity index (χ0) is 8.23. The fraction of sp³-hybridized carbons (Fsp3) is 0.300. The molecule has 1 atom stereocenters. The second-order valence-electron chi connectivity index (χ2n) is 2.78. The molecule has 2 heterocycles. The van der Waals surface area contributed by atoms with E-state index in [0.29, 0.717) is 6.61 Å². The maximum absolute atomic E-state index is 5.51. The summed E-state index contributed by atoms with van der Waals surface area (Å²) in [7, 11) is 0. The Morgan fingerprint density at radius 1 is 1.33 bits per heavy atom. The molecule has 2 heteroatoms. The number of ether oxygens (including phenoxy) is 1. The molecule has 0 aromatic carbocycles. The average Bonchev–Trinajstić information content (AvgIpc) is 2.21. The van der Waals surface area contributed by atoms with Crippen LogP contribution in [0.15, 0.2) is 36.5 Å². The molecule has 0 unspecified atom stereocenters. The molecule has 1 aliphatic rings. The number of rotatable bonds is 1. The van der Waals surface area contributed by atoms with Crippen molar-refractivity contribution in [2.75, 3.05) is 6.61 Å². The molecule has 1 aromatic heterocycles. The predicted octanol–water partition coefficient (Wildman–Crippen LogP) is 2.10. The molecular weight excluding hydrogens is 150 g/mol. The SMILES string of the molecule is C1=CC[C@@H](c2ccccn2)OC1. The van der Waals surface area contributed by atoms with Gasteiger partial charge in [-0.15, -0.1) is 0 Å². The molecule has 0 saturated heterocycles. The molecule has 1 aliphatic heterocycles. The van der Waals surface area contributed by atoms with Crippen molar-refractivity contribution >= 4 is 0 Å².